The molecule has 4 nitrogen and oxygen atoms in total. The van der Waals surface area contributed by atoms with Crippen LogP contribution in [0, 0.1) is 0 Å². The molecule has 1 aromatic heterocycles. The van der Waals surface area contributed by atoms with E-state index in [4.69, 9.17) is 5.11 Å². The summed E-state index contributed by atoms with van der Waals surface area (Å²) in [4.78, 5) is 17.5. The summed E-state index contributed by atoms with van der Waals surface area (Å²) in [5.74, 6) is -0.778. The van der Waals surface area contributed by atoms with E-state index in [2.05, 4.69) is 9.97 Å². The van der Waals surface area contributed by atoms with Crippen LogP contribution in [0.4, 0.5) is 0 Å². The van der Waals surface area contributed by atoms with Crippen molar-refractivity contribution in [3.05, 3.63) is 42.4 Å². The van der Waals surface area contributed by atoms with Crippen LogP contribution in [0.1, 0.15) is 12.0 Å². The molecule has 1 aromatic carbocycles. The molecule has 2 N–H and O–H groups in total. The van der Waals surface area contributed by atoms with E-state index in [0.717, 1.165) is 16.8 Å². The number of carboxylic acids is 1. The number of nitrogens with one attached hydrogen (secondary N) is 1. The second-order valence-electron chi connectivity index (χ2n) is 3.52. The summed E-state index contributed by atoms with van der Waals surface area (Å²) >= 11 is 0. The molecule has 0 fully saturated rings. The number of aliphatic carboxylic acids is 1. The lowest BCUT2D eigenvalue weighted by Crippen LogP contribution is -1.98. The van der Waals surface area contributed by atoms with E-state index >= 15 is 0 Å². The van der Waals surface area contributed by atoms with Crippen molar-refractivity contribution in [2.45, 2.75) is 12.8 Å². The van der Waals surface area contributed by atoms with Crippen LogP contribution in [0.5, 0.6) is 0 Å². The summed E-state index contributed by atoms with van der Waals surface area (Å²) < 4.78 is 0. The number of benzene rings is 1. The number of aromatic amines is 1. The van der Waals surface area contributed by atoms with E-state index < -0.39 is 5.97 Å². The van der Waals surface area contributed by atoms with Gasteiger partial charge in [-0.3, -0.25) is 4.79 Å². The van der Waals surface area contributed by atoms with Crippen LogP contribution in [-0.4, -0.2) is 21.0 Å². The average molecular weight is 216 g/mol. The zero-order chi connectivity index (χ0) is 11.4. The molecular weight excluding hydrogens is 204 g/mol. The summed E-state index contributed by atoms with van der Waals surface area (Å²) in [6.07, 6.45) is 4.03. The Morgan fingerprint density at radius 3 is 2.88 bits per heavy atom. The van der Waals surface area contributed by atoms with Gasteiger partial charge in [-0.15, -0.1) is 0 Å². The summed E-state index contributed by atoms with van der Waals surface area (Å²) in [6.45, 7) is 0. The molecular formula is C12H12N2O2. The molecule has 0 aliphatic carbocycles. The summed E-state index contributed by atoms with van der Waals surface area (Å²) in [5.41, 5.74) is 2.95. The van der Waals surface area contributed by atoms with E-state index in [1.807, 2.05) is 24.3 Å². The van der Waals surface area contributed by atoms with Gasteiger partial charge >= 0.3 is 5.97 Å². The number of rotatable bonds is 4. The van der Waals surface area contributed by atoms with Crippen LogP contribution in [0.25, 0.3) is 11.3 Å². The van der Waals surface area contributed by atoms with E-state index in [9.17, 15) is 4.79 Å². The minimum Gasteiger partial charge on any atom is -0.481 e. The van der Waals surface area contributed by atoms with Crippen LogP contribution in [0.15, 0.2) is 36.8 Å². The highest BCUT2D eigenvalue weighted by atomic mass is 16.4. The van der Waals surface area contributed by atoms with E-state index in [0.29, 0.717) is 6.42 Å². The zero-order valence-electron chi connectivity index (χ0n) is 8.68. The number of imidazole rings is 1. The first-order valence-electron chi connectivity index (χ1n) is 5.06. The van der Waals surface area contributed by atoms with Gasteiger partial charge in [0.25, 0.3) is 0 Å². The number of carboxylic acid groups (broad SMARTS) is 1. The van der Waals surface area contributed by atoms with Gasteiger partial charge in [0.15, 0.2) is 0 Å². The zero-order valence-corrected chi connectivity index (χ0v) is 8.68. The number of H-pyrrole nitrogens is 1. The summed E-state index contributed by atoms with van der Waals surface area (Å²) in [5, 5.41) is 8.68. The van der Waals surface area contributed by atoms with Crippen molar-refractivity contribution in [2.24, 2.45) is 0 Å². The van der Waals surface area contributed by atoms with Crippen LogP contribution in [0.2, 0.25) is 0 Å². The van der Waals surface area contributed by atoms with Crippen LogP contribution in [0.3, 0.4) is 0 Å². The van der Waals surface area contributed by atoms with Gasteiger partial charge in [0.05, 0.1) is 18.2 Å². The lowest BCUT2D eigenvalue weighted by Gasteiger charge is -2.05. The number of carbonyl (C=O) groups is 1. The first-order valence-corrected chi connectivity index (χ1v) is 5.06. The van der Waals surface area contributed by atoms with Crippen molar-refractivity contribution >= 4 is 5.97 Å². The fourth-order valence-electron chi connectivity index (χ4n) is 1.65. The molecule has 16 heavy (non-hydrogen) atoms. The van der Waals surface area contributed by atoms with Crippen molar-refractivity contribution in [2.75, 3.05) is 0 Å². The normalized spacial score (nSPS) is 10.2. The number of aromatic nitrogens is 2. The number of aryl methyl sites for hydroxylation is 1. The molecule has 2 rings (SSSR count). The first-order chi connectivity index (χ1) is 7.77. The Morgan fingerprint density at radius 2 is 2.19 bits per heavy atom. The third-order valence-corrected chi connectivity index (χ3v) is 2.41. The van der Waals surface area contributed by atoms with Gasteiger partial charge in [-0.2, -0.15) is 0 Å². The maximum atomic E-state index is 10.6. The smallest absolute Gasteiger partial charge is 0.303 e. The third kappa shape index (κ3) is 2.28. The van der Waals surface area contributed by atoms with E-state index in [1.165, 1.54) is 0 Å². The van der Waals surface area contributed by atoms with Crippen LogP contribution < -0.4 is 0 Å². The highest BCUT2D eigenvalue weighted by Crippen LogP contribution is 2.22. The molecule has 2 aromatic rings. The van der Waals surface area contributed by atoms with Crippen LogP contribution in [-0.2, 0) is 11.2 Å². The minimum absolute atomic E-state index is 0.144. The van der Waals surface area contributed by atoms with Gasteiger partial charge < -0.3 is 10.1 Å². The SMILES string of the molecule is O=C(O)CCc1ccccc1-c1cnc[nH]1. The molecule has 0 amide bonds. The number of nitrogens with zero attached hydrogens (tertiary/aromatic N) is 1. The molecule has 0 bridgehead atoms. The Labute approximate surface area is 93.0 Å². The molecule has 0 aliphatic rings. The fourth-order valence-corrected chi connectivity index (χ4v) is 1.65. The van der Waals surface area contributed by atoms with Crippen LogP contribution >= 0.6 is 0 Å². The second-order valence-corrected chi connectivity index (χ2v) is 3.52. The van der Waals surface area contributed by atoms with Gasteiger partial charge in [0.1, 0.15) is 0 Å². The molecule has 1 heterocycles. The largest absolute Gasteiger partial charge is 0.481 e. The van der Waals surface area contributed by atoms with Crippen molar-refractivity contribution < 1.29 is 9.90 Å². The molecule has 82 valence electrons. The van der Waals surface area contributed by atoms with E-state index in [-0.39, 0.29) is 6.42 Å². The molecule has 0 radical (unpaired) electrons. The molecule has 0 saturated heterocycles. The van der Waals surface area contributed by atoms with Gasteiger partial charge in [0.2, 0.25) is 0 Å². The summed E-state index contributed by atoms with van der Waals surface area (Å²) in [7, 11) is 0. The maximum Gasteiger partial charge on any atom is 0.303 e. The fraction of sp³-hybridized carbons (Fsp3) is 0.167. The molecule has 0 saturated carbocycles. The van der Waals surface area contributed by atoms with Gasteiger partial charge in [-0.25, -0.2) is 4.98 Å². The van der Waals surface area contributed by atoms with Gasteiger partial charge in [0, 0.05) is 12.0 Å². The lowest BCUT2D eigenvalue weighted by molar-refractivity contribution is -0.136. The Morgan fingerprint density at radius 1 is 1.38 bits per heavy atom. The summed E-state index contributed by atoms with van der Waals surface area (Å²) in [6, 6.07) is 7.75. The standard InChI is InChI=1S/C12H12N2O2/c15-12(16)6-5-9-3-1-2-4-10(9)11-7-13-8-14-11/h1-4,7-8H,5-6H2,(H,13,14)(H,15,16). The molecule has 0 unspecified atom stereocenters. The Hall–Kier alpha value is -2.10. The van der Waals surface area contributed by atoms with E-state index in [1.54, 1.807) is 12.5 Å². The highest BCUT2D eigenvalue weighted by molar-refractivity contribution is 5.69. The Balaban J connectivity index is 2.27. The number of hydrogen-bond acceptors (Lipinski definition) is 2. The van der Waals surface area contributed by atoms with Gasteiger partial charge in [-0.1, -0.05) is 24.3 Å². The van der Waals surface area contributed by atoms with Gasteiger partial charge in [-0.05, 0) is 12.0 Å². The highest BCUT2D eigenvalue weighted by Gasteiger charge is 2.07. The Bertz CT molecular complexity index is 478. The van der Waals surface area contributed by atoms with Crippen molar-refractivity contribution in [1.82, 2.24) is 9.97 Å². The van der Waals surface area contributed by atoms with Crippen molar-refractivity contribution in [3.8, 4) is 11.3 Å². The van der Waals surface area contributed by atoms with Crippen molar-refractivity contribution in [3.63, 3.8) is 0 Å². The molecule has 4 heteroatoms. The topological polar surface area (TPSA) is 66.0 Å². The molecule has 0 aliphatic heterocycles. The van der Waals surface area contributed by atoms with Crippen molar-refractivity contribution in [1.29, 1.82) is 0 Å². The monoisotopic (exact) mass is 216 g/mol. The average Bonchev–Trinajstić information content (AvgIpc) is 2.80. The quantitative estimate of drug-likeness (QED) is 0.822. The first kappa shape index (κ1) is 10.4. The predicted octanol–water partition coefficient (Wildman–Crippen LogP) is 2.09. The number of hydrogen-bond donors (Lipinski definition) is 2. The lowest BCUT2D eigenvalue weighted by atomic mass is 10.0. The molecule has 0 spiro atoms. The maximum absolute atomic E-state index is 10.6. The minimum atomic E-state index is -0.778. The third-order valence-electron chi connectivity index (χ3n) is 2.41. The molecule has 0 atom stereocenters. The Kier molecular flexibility index (Phi) is 3.00. The second kappa shape index (κ2) is 4.61. The predicted molar refractivity (Wildman–Crippen MR) is 60.0 cm³/mol.